The van der Waals surface area contributed by atoms with Gasteiger partial charge in [-0.05, 0) is 30.3 Å². The number of hydrogen-bond donors (Lipinski definition) is 1. The highest BCUT2D eigenvalue weighted by Gasteiger charge is 2.06. The maximum absolute atomic E-state index is 5.93. The summed E-state index contributed by atoms with van der Waals surface area (Å²) in [5, 5.41) is 1.60. The van der Waals surface area contributed by atoms with Gasteiger partial charge in [-0.3, -0.25) is 0 Å². The molecule has 2 aromatic carbocycles. The van der Waals surface area contributed by atoms with Crippen LogP contribution in [0.15, 0.2) is 36.4 Å². The topological polar surface area (TPSA) is 35.2 Å². The molecule has 5 heteroatoms. The Bertz CT molecular complexity index is 552. The summed E-state index contributed by atoms with van der Waals surface area (Å²) in [5.74, 6) is 1.15. The zero-order chi connectivity index (χ0) is 13.1. The molecular weight excluding hydrogens is 293 g/mol. The zero-order valence-electron chi connectivity index (χ0n) is 9.29. The van der Waals surface area contributed by atoms with E-state index in [1.807, 2.05) is 6.07 Å². The number of nitrogens with two attached hydrogens (primary N) is 1. The van der Waals surface area contributed by atoms with Gasteiger partial charge in [0.25, 0.3) is 0 Å². The van der Waals surface area contributed by atoms with Gasteiger partial charge >= 0.3 is 0 Å². The fourth-order valence-electron chi connectivity index (χ4n) is 1.51. The Hall–Kier alpha value is -0.930. The van der Waals surface area contributed by atoms with E-state index in [1.165, 1.54) is 0 Å². The number of rotatable bonds is 3. The van der Waals surface area contributed by atoms with Crippen LogP contribution in [0.1, 0.15) is 5.56 Å². The third-order valence-electron chi connectivity index (χ3n) is 2.31. The predicted octanol–water partition coefficient (Wildman–Crippen LogP) is 4.90. The second kappa shape index (κ2) is 5.81. The van der Waals surface area contributed by atoms with E-state index in [1.54, 1.807) is 30.3 Å². The molecule has 0 radical (unpaired) electrons. The van der Waals surface area contributed by atoms with Gasteiger partial charge < -0.3 is 10.5 Å². The van der Waals surface area contributed by atoms with E-state index >= 15 is 0 Å². The maximum Gasteiger partial charge on any atom is 0.133 e. The first-order chi connectivity index (χ1) is 8.58. The van der Waals surface area contributed by atoms with Gasteiger partial charge in [-0.25, -0.2) is 0 Å². The molecule has 0 aliphatic carbocycles. The molecule has 0 bridgehead atoms. The average molecular weight is 303 g/mol. The summed E-state index contributed by atoms with van der Waals surface area (Å²) in [7, 11) is 0. The fraction of sp³-hybridized carbons (Fsp3) is 0.0769. The summed E-state index contributed by atoms with van der Waals surface area (Å²) in [4.78, 5) is 0. The molecule has 94 valence electrons. The standard InChI is InChI=1S/C13H10Cl3NO/c14-9-2-1-8(7-17)13(6-9)18-12-4-10(15)3-11(16)5-12/h1-6H,7,17H2. The summed E-state index contributed by atoms with van der Waals surface area (Å²) in [6, 6.07) is 10.3. The lowest BCUT2D eigenvalue weighted by Gasteiger charge is -2.11. The molecule has 2 rings (SSSR count). The van der Waals surface area contributed by atoms with Gasteiger partial charge in [0.2, 0.25) is 0 Å². The third kappa shape index (κ3) is 3.30. The highest BCUT2D eigenvalue weighted by atomic mass is 35.5. The van der Waals surface area contributed by atoms with Crippen molar-refractivity contribution in [2.75, 3.05) is 0 Å². The van der Waals surface area contributed by atoms with Crippen molar-refractivity contribution in [3.8, 4) is 11.5 Å². The van der Waals surface area contributed by atoms with Crippen LogP contribution in [-0.2, 0) is 6.54 Å². The van der Waals surface area contributed by atoms with Crippen molar-refractivity contribution in [1.82, 2.24) is 0 Å². The highest BCUT2D eigenvalue weighted by Crippen LogP contribution is 2.31. The molecule has 0 unspecified atom stereocenters. The second-order valence-electron chi connectivity index (χ2n) is 3.66. The highest BCUT2D eigenvalue weighted by molar-refractivity contribution is 6.34. The Morgan fingerprint density at radius 3 is 2.17 bits per heavy atom. The molecular formula is C13H10Cl3NO. The predicted molar refractivity (Wildman–Crippen MR) is 75.9 cm³/mol. The Labute approximate surface area is 120 Å². The summed E-state index contributed by atoms with van der Waals surface area (Å²) in [6.45, 7) is 0.362. The van der Waals surface area contributed by atoms with Crippen molar-refractivity contribution in [3.05, 3.63) is 57.0 Å². The Morgan fingerprint density at radius 1 is 0.889 bits per heavy atom. The first-order valence-electron chi connectivity index (χ1n) is 5.21. The number of benzene rings is 2. The number of halogens is 3. The molecule has 0 aliphatic heterocycles. The summed E-state index contributed by atoms with van der Waals surface area (Å²) < 4.78 is 5.71. The first kappa shape index (κ1) is 13.5. The van der Waals surface area contributed by atoms with Crippen LogP contribution in [0.3, 0.4) is 0 Å². The van der Waals surface area contributed by atoms with Crippen LogP contribution in [0.5, 0.6) is 11.5 Å². The van der Waals surface area contributed by atoms with Gasteiger partial charge in [0.1, 0.15) is 11.5 Å². The van der Waals surface area contributed by atoms with Gasteiger partial charge in [0, 0.05) is 27.2 Å². The van der Waals surface area contributed by atoms with E-state index in [9.17, 15) is 0 Å². The molecule has 2 aromatic rings. The molecule has 0 heterocycles. The average Bonchev–Trinajstić information content (AvgIpc) is 2.27. The Balaban J connectivity index is 2.35. The van der Waals surface area contributed by atoms with Gasteiger partial charge in [0.15, 0.2) is 0 Å². The molecule has 0 saturated heterocycles. The lowest BCUT2D eigenvalue weighted by atomic mass is 10.2. The van der Waals surface area contributed by atoms with Crippen molar-refractivity contribution in [1.29, 1.82) is 0 Å². The minimum Gasteiger partial charge on any atom is -0.457 e. The number of ether oxygens (including phenoxy) is 1. The SMILES string of the molecule is NCc1ccc(Cl)cc1Oc1cc(Cl)cc(Cl)c1. The summed E-state index contributed by atoms with van der Waals surface area (Å²) >= 11 is 17.7. The van der Waals surface area contributed by atoms with Gasteiger partial charge in [-0.15, -0.1) is 0 Å². The van der Waals surface area contributed by atoms with E-state index in [-0.39, 0.29) is 0 Å². The van der Waals surface area contributed by atoms with Crippen LogP contribution >= 0.6 is 34.8 Å². The maximum atomic E-state index is 5.93. The minimum atomic E-state index is 0.362. The van der Waals surface area contributed by atoms with Crippen molar-refractivity contribution in [2.24, 2.45) is 5.73 Å². The van der Waals surface area contributed by atoms with Crippen LogP contribution in [-0.4, -0.2) is 0 Å². The van der Waals surface area contributed by atoms with Gasteiger partial charge in [0.05, 0.1) is 0 Å². The molecule has 0 amide bonds. The van der Waals surface area contributed by atoms with E-state index in [2.05, 4.69) is 0 Å². The van der Waals surface area contributed by atoms with Crippen LogP contribution in [0.2, 0.25) is 15.1 Å². The quantitative estimate of drug-likeness (QED) is 0.875. The van der Waals surface area contributed by atoms with E-state index in [0.29, 0.717) is 33.1 Å². The molecule has 18 heavy (non-hydrogen) atoms. The Morgan fingerprint density at radius 2 is 1.56 bits per heavy atom. The van der Waals surface area contributed by atoms with E-state index in [0.717, 1.165) is 5.56 Å². The van der Waals surface area contributed by atoms with Crippen LogP contribution in [0.4, 0.5) is 0 Å². The third-order valence-corrected chi connectivity index (χ3v) is 2.98. The summed E-state index contributed by atoms with van der Waals surface area (Å²) in [6.07, 6.45) is 0. The van der Waals surface area contributed by atoms with Crippen molar-refractivity contribution < 1.29 is 4.74 Å². The van der Waals surface area contributed by atoms with Crippen LogP contribution in [0.25, 0.3) is 0 Å². The van der Waals surface area contributed by atoms with E-state index in [4.69, 9.17) is 45.3 Å². The minimum absolute atomic E-state index is 0.362. The lowest BCUT2D eigenvalue weighted by Crippen LogP contribution is -1.99. The molecule has 0 aromatic heterocycles. The molecule has 0 atom stereocenters. The van der Waals surface area contributed by atoms with Crippen molar-refractivity contribution in [3.63, 3.8) is 0 Å². The lowest BCUT2D eigenvalue weighted by molar-refractivity contribution is 0.476. The van der Waals surface area contributed by atoms with Crippen LogP contribution < -0.4 is 10.5 Å². The Kier molecular flexibility index (Phi) is 4.36. The second-order valence-corrected chi connectivity index (χ2v) is 4.97. The largest absolute Gasteiger partial charge is 0.457 e. The fourth-order valence-corrected chi connectivity index (χ4v) is 2.17. The monoisotopic (exact) mass is 301 g/mol. The smallest absolute Gasteiger partial charge is 0.133 e. The normalized spacial score (nSPS) is 10.4. The first-order valence-corrected chi connectivity index (χ1v) is 6.34. The van der Waals surface area contributed by atoms with Gasteiger partial charge in [-0.1, -0.05) is 40.9 Å². The summed E-state index contributed by atoms with van der Waals surface area (Å²) in [5.41, 5.74) is 6.50. The molecule has 2 nitrogen and oxygen atoms in total. The molecule has 2 N–H and O–H groups in total. The molecule has 0 saturated carbocycles. The number of hydrogen-bond acceptors (Lipinski definition) is 2. The molecule has 0 aliphatic rings. The molecule has 0 spiro atoms. The molecule has 0 fully saturated rings. The van der Waals surface area contributed by atoms with Gasteiger partial charge in [-0.2, -0.15) is 0 Å². The van der Waals surface area contributed by atoms with E-state index < -0.39 is 0 Å². The zero-order valence-corrected chi connectivity index (χ0v) is 11.6. The van der Waals surface area contributed by atoms with Crippen LogP contribution in [0, 0.1) is 0 Å². The van der Waals surface area contributed by atoms with Crippen molar-refractivity contribution in [2.45, 2.75) is 6.54 Å². The van der Waals surface area contributed by atoms with Crippen molar-refractivity contribution >= 4 is 34.8 Å².